The molecule has 0 saturated carbocycles. The zero-order valence-electron chi connectivity index (χ0n) is 21.3. The number of aliphatic hydroxyl groups excluding tert-OH is 1. The van der Waals surface area contributed by atoms with E-state index < -0.39 is 0 Å². The van der Waals surface area contributed by atoms with Gasteiger partial charge < -0.3 is 24.2 Å². The summed E-state index contributed by atoms with van der Waals surface area (Å²) in [6.07, 6.45) is 5.05. The predicted octanol–water partition coefficient (Wildman–Crippen LogP) is 1.60. The molecule has 0 bridgehead atoms. The van der Waals surface area contributed by atoms with Crippen molar-refractivity contribution in [2.75, 3.05) is 83.4 Å². The number of piperazine rings is 2. The minimum absolute atomic E-state index is 0.0507. The van der Waals surface area contributed by atoms with Crippen molar-refractivity contribution >= 4 is 11.6 Å². The maximum Gasteiger partial charge on any atom is 0.275 e. The van der Waals surface area contributed by atoms with Gasteiger partial charge in [-0.3, -0.25) is 14.6 Å². The number of carbonyl (C=O) groups excluding carboxylic acids is 1. The standard InChI is InChI=1S/C27H40N6O3/c34-24(19-29-9-5-2-6-10-29)20-30-11-13-31(14-12-30)21-26-28-25(22-36-26)27(35)33-17-15-32(16-18-33)23-7-3-1-4-8-23/h1,3-4,7-8,22,24,34H,2,5-6,9-21H2. The molecule has 3 aliphatic heterocycles. The molecule has 4 heterocycles. The molecule has 1 atom stereocenters. The van der Waals surface area contributed by atoms with E-state index in [9.17, 15) is 9.90 Å². The van der Waals surface area contributed by atoms with Crippen molar-refractivity contribution in [1.82, 2.24) is 24.6 Å². The number of aromatic nitrogens is 1. The molecule has 5 rings (SSSR count). The first-order chi connectivity index (χ1) is 17.6. The number of nitrogens with zero attached hydrogens (tertiary/aromatic N) is 6. The highest BCUT2D eigenvalue weighted by molar-refractivity contribution is 5.92. The van der Waals surface area contributed by atoms with E-state index in [1.165, 1.54) is 31.2 Å². The topological polar surface area (TPSA) is 79.5 Å². The van der Waals surface area contributed by atoms with Gasteiger partial charge in [-0.15, -0.1) is 0 Å². The Bertz CT molecular complexity index is 947. The fourth-order valence-electron chi connectivity index (χ4n) is 5.57. The smallest absolute Gasteiger partial charge is 0.275 e. The minimum atomic E-state index is -0.287. The number of anilines is 1. The first kappa shape index (κ1) is 25.2. The van der Waals surface area contributed by atoms with Crippen LogP contribution in [0.5, 0.6) is 0 Å². The monoisotopic (exact) mass is 496 g/mol. The first-order valence-electron chi connectivity index (χ1n) is 13.5. The second-order valence-electron chi connectivity index (χ2n) is 10.3. The molecule has 1 N–H and O–H groups in total. The first-order valence-corrected chi connectivity index (χ1v) is 13.5. The summed E-state index contributed by atoms with van der Waals surface area (Å²) in [7, 11) is 0. The summed E-state index contributed by atoms with van der Waals surface area (Å²) >= 11 is 0. The number of rotatable bonds is 8. The molecule has 36 heavy (non-hydrogen) atoms. The quantitative estimate of drug-likeness (QED) is 0.591. The molecule has 3 saturated heterocycles. The molecule has 9 nitrogen and oxygen atoms in total. The highest BCUT2D eigenvalue weighted by Crippen LogP contribution is 2.17. The van der Waals surface area contributed by atoms with Crippen LogP contribution in [0.1, 0.15) is 35.6 Å². The molecule has 1 aromatic carbocycles. The second-order valence-corrected chi connectivity index (χ2v) is 10.3. The maximum absolute atomic E-state index is 13.0. The van der Waals surface area contributed by atoms with Crippen LogP contribution in [0.4, 0.5) is 5.69 Å². The normalized spacial score (nSPS) is 21.6. The lowest BCUT2D eigenvalue weighted by Crippen LogP contribution is -2.50. The van der Waals surface area contributed by atoms with Crippen LogP contribution in [-0.4, -0.2) is 120 Å². The van der Waals surface area contributed by atoms with Gasteiger partial charge in [-0.2, -0.15) is 0 Å². The molecule has 0 radical (unpaired) electrons. The fourth-order valence-corrected chi connectivity index (χ4v) is 5.57. The van der Waals surface area contributed by atoms with Crippen LogP contribution in [0.2, 0.25) is 0 Å². The van der Waals surface area contributed by atoms with Crippen LogP contribution in [0.15, 0.2) is 41.0 Å². The lowest BCUT2D eigenvalue weighted by molar-refractivity contribution is 0.0434. The van der Waals surface area contributed by atoms with Gasteiger partial charge in [-0.1, -0.05) is 24.6 Å². The lowest BCUT2D eigenvalue weighted by Gasteiger charge is -2.36. The Morgan fingerprint density at radius 3 is 2.17 bits per heavy atom. The van der Waals surface area contributed by atoms with Gasteiger partial charge in [0.25, 0.3) is 5.91 Å². The Kier molecular flexibility index (Phi) is 8.53. The number of carbonyl (C=O) groups is 1. The molecule has 1 unspecified atom stereocenters. The van der Waals surface area contributed by atoms with Crippen LogP contribution in [0, 0.1) is 0 Å². The largest absolute Gasteiger partial charge is 0.447 e. The van der Waals surface area contributed by atoms with E-state index in [1.54, 1.807) is 0 Å². The van der Waals surface area contributed by atoms with Crippen LogP contribution >= 0.6 is 0 Å². The van der Waals surface area contributed by atoms with Gasteiger partial charge >= 0.3 is 0 Å². The summed E-state index contributed by atoms with van der Waals surface area (Å²) in [5.74, 6) is 0.546. The van der Waals surface area contributed by atoms with E-state index in [2.05, 4.69) is 36.7 Å². The van der Waals surface area contributed by atoms with Crippen molar-refractivity contribution < 1.29 is 14.3 Å². The highest BCUT2D eigenvalue weighted by Gasteiger charge is 2.26. The van der Waals surface area contributed by atoms with Gasteiger partial charge in [0.05, 0.1) is 12.6 Å². The average Bonchev–Trinajstić information content (AvgIpc) is 3.39. The maximum atomic E-state index is 13.0. The summed E-state index contributed by atoms with van der Waals surface area (Å²) in [4.78, 5) is 28.7. The van der Waals surface area contributed by atoms with Crippen LogP contribution < -0.4 is 4.90 Å². The molecule has 0 spiro atoms. The van der Waals surface area contributed by atoms with Gasteiger partial charge in [0, 0.05) is 71.1 Å². The van der Waals surface area contributed by atoms with Crippen molar-refractivity contribution in [1.29, 1.82) is 0 Å². The Morgan fingerprint density at radius 1 is 0.833 bits per heavy atom. The molecular weight excluding hydrogens is 456 g/mol. The third-order valence-corrected chi connectivity index (χ3v) is 7.67. The highest BCUT2D eigenvalue weighted by atomic mass is 16.3. The zero-order chi connectivity index (χ0) is 24.7. The SMILES string of the molecule is O=C(c1coc(CN2CCN(CC(O)CN3CCCCC3)CC2)n1)N1CCN(c2ccccc2)CC1. The van der Waals surface area contributed by atoms with Crippen molar-refractivity contribution in [3.8, 4) is 0 Å². The summed E-state index contributed by atoms with van der Waals surface area (Å²) < 4.78 is 5.68. The molecule has 2 aromatic rings. The Morgan fingerprint density at radius 2 is 1.47 bits per heavy atom. The third-order valence-electron chi connectivity index (χ3n) is 7.67. The number of benzene rings is 1. The summed E-state index contributed by atoms with van der Waals surface area (Å²) in [6.45, 7) is 11.0. The number of likely N-dealkylation sites (tertiary alicyclic amines) is 1. The average molecular weight is 497 g/mol. The van der Waals surface area contributed by atoms with Crippen molar-refractivity contribution in [3.05, 3.63) is 48.2 Å². The minimum Gasteiger partial charge on any atom is -0.447 e. The molecule has 1 aromatic heterocycles. The molecule has 3 fully saturated rings. The number of aliphatic hydroxyl groups is 1. The van der Waals surface area contributed by atoms with Gasteiger partial charge in [-0.05, 0) is 38.1 Å². The summed E-state index contributed by atoms with van der Waals surface area (Å²) in [6, 6.07) is 10.3. The van der Waals surface area contributed by atoms with E-state index in [4.69, 9.17) is 4.42 Å². The molecule has 196 valence electrons. The molecule has 1 amide bonds. The molecule has 9 heteroatoms. The molecular formula is C27H40N6O3. The molecule has 0 aliphatic carbocycles. The Labute approximate surface area is 214 Å². The number of oxazole rings is 1. The van der Waals surface area contributed by atoms with Crippen LogP contribution in [0.3, 0.4) is 0 Å². The Hall–Kier alpha value is -2.46. The van der Waals surface area contributed by atoms with Gasteiger partial charge in [0.2, 0.25) is 5.89 Å². The second kappa shape index (κ2) is 12.2. The van der Waals surface area contributed by atoms with Crippen molar-refractivity contribution in [2.24, 2.45) is 0 Å². The number of β-amino-alcohol motifs (C(OH)–C–C–N with tert-alkyl or cyclic N) is 1. The van der Waals surface area contributed by atoms with E-state index in [0.717, 1.165) is 65.4 Å². The van der Waals surface area contributed by atoms with Crippen molar-refractivity contribution in [2.45, 2.75) is 31.9 Å². The summed E-state index contributed by atoms with van der Waals surface area (Å²) in [5.41, 5.74) is 1.60. The molecule has 3 aliphatic rings. The van der Waals surface area contributed by atoms with E-state index >= 15 is 0 Å². The Balaban J connectivity index is 1.03. The van der Waals surface area contributed by atoms with E-state index in [0.29, 0.717) is 31.2 Å². The van der Waals surface area contributed by atoms with Gasteiger partial charge in [0.1, 0.15) is 6.26 Å². The number of amides is 1. The van der Waals surface area contributed by atoms with Gasteiger partial charge in [0.15, 0.2) is 5.69 Å². The number of hydrogen-bond donors (Lipinski definition) is 1. The van der Waals surface area contributed by atoms with Crippen LogP contribution in [0.25, 0.3) is 0 Å². The predicted molar refractivity (Wildman–Crippen MR) is 139 cm³/mol. The zero-order valence-corrected chi connectivity index (χ0v) is 21.3. The van der Waals surface area contributed by atoms with Gasteiger partial charge in [-0.25, -0.2) is 4.98 Å². The third kappa shape index (κ3) is 6.64. The van der Waals surface area contributed by atoms with E-state index in [1.807, 2.05) is 23.1 Å². The van der Waals surface area contributed by atoms with Crippen LogP contribution in [-0.2, 0) is 6.54 Å². The fraction of sp³-hybridized carbons (Fsp3) is 0.630. The lowest BCUT2D eigenvalue weighted by atomic mass is 10.1. The van der Waals surface area contributed by atoms with Crippen molar-refractivity contribution in [3.63, 3.8) is 0 Å². The number of hydrogen-bond acceptors (Lipinski definition) is 8. The summed E-state index contributed by atoms with van der Waals surface area (Å²) in [5, 5.41) is 10.5. The number of para-hydroxylation sites is 1. The van der Waals surface area contributed by atoms with E-state index in [-0.39, 0.29) is 12.0 Å². The number of piperidine rings is 1.